The second-order valence-electron chi connectivity index (χ2n) is 8.84. The molecule has 2 amide bonds. The molecule has 2 fully saturated rings. The lowest BCUT2D eigenvalue weighted by Gasteiger charge is -2.35. The lowest BCUT2D eigenvalue weighted by molar-refractivity contribution is -0.134. The number of nitrogens with one attached hydrogen (secondary N) is 1. The van der Waals surface area contributed by atoms with Gasteiger partial charge in [-0.2, -0.15) is 5.10 Å². The zero-order chi connectivity index (χ0) is 24.4. The van der Waals surface area contributed by atoms with Crippen LogP contribution < -0.4 is 15.2 Å². The van der Waals surface area contributed by atoms with Gasteiger partial charge >= 0.3 is 0 Å². The number of piperidine rings is 1. The van der Waals surface area contributed by atoms with Gasteiger partial charge in [-0.05, 0) is 42.7 Å². The van der Waals surface area contributed by atoms with Crippen LogP contribution in [0.4, 0.5) is 4.39 Å². The lowest BCUT2D eigenvalue weighted by atomic mass is 10.0. The third kappa shape index (κ3) is 5.42. The first kappa shape index (κ1) is 22.8. The van der Waals surface area contributed by atoms with E-state index in [9.17, 15) is 9.59 Å². The molecule has 1 aliphatic carbocycles. The SMILES string of the molecule is NC(=O)c1cc(-c2cn[nH]c2)ccc1O[C@@H]1CCN(C(=O)Cc2ccc(OC3CC3)cn2)CC1F. The molecule has 3 heterocycles. The number of carbonyl (C=O) groups is 2. The van der Waals surface area contributed by atoms with Crippen LogP contribution in [-0.2, 0) is 11.2 Å². The Hall–Kier alpha value is -3.95. The average molecular weight is 480 g/mol. The largest absolute Gasteiger partial charge is 0.489 e. The van der Waals surface area contributed by atoms with Gasteiger partial charge in [-0.25, -0.2) is 4.39 Å². The molecule has 3 N–H and O–H groups in total. The quantitative estimate of drug-likeness (QED) is 0.512. The number of alkyl halides is 1. The Morgan fingerprint density at radius 1 is 1.11 bits per heavy atom. The number of nitrogens with zero attached hydrogens (tertiary/aromatic N) is 3. The van der Waals surface area contributed by atoms with Gasteiger partial charge in [0.05, 0.1) is 37.0 Å². The van der Waals surface area contributed by atoms with E-state index in [1.807, 2.05) is 0 Å². The summed E-state index contributed by atoms with van der Waals surface area (Å²) in [6, 6.07) is 8.53. The predicted octanol–water partition coefficient (Wildman–Crippen LogP) is 2.67. The van der Waals surface area contributed by atoms with Crippen molar-refractivity contribution in [1.82, 2.24) is 20.1 Å². The van der Waals surface area contributed by atoms with Crippen LogP contribution in [0.1, 0.15) is 35.3 Å². The number of amides is 2. The van der Waals surface area contributed by atoms with Crippen molar-refractivity contribution in [3.05, 3.63) is 60.2 Å². The standard InChI is InChI=1S/C25H26FN5O4/c26-21-14-31(24(32)10-17-2-3-19(13-28-17)34-18-4-5-18)8-7-23(21)35-22-6-1-15(9-20(22)25(27)33)16-11-29-30-12-16/h1-3,6,9,11-13,18,21,23H,4-5,7-8,10,14H2,(H2,27,33)(H,29,30)/t21?,23-/m1/s1. The number of aromatic amines is 1. The molecule has 1 aromatic carbocycles. The molecule has 10 heteroatoms. The van der Waals surface area contributed by atoms with Gasteiger partial charge in [-0.3, -0.25) is 19.7 Å². The molecule has 2 aliphatic rings. The summed E-state index contributed by atoms with van der Waals surface area (Å²) in [4.78, 5) is 30.5. The summed E-state index contributed by atoms with van der Waals surface area (Å²) in [5.41, 5.74) is 7.83. The molecule has 0 bridgehead atoms. The van der Waals surface area contributed by atoms with Gasteiger partial charge in [0.1, 0.15) is 17.6 Å². The molecule has 1 saturated heterocycles. The Labute approximate surface area is 201 Å². The molecule has 2 aromatic heterocycles. The molecule has 182 valence electrons. The number of hydrogen-bond acceptors (Lipinski definition) is 6. The van der Waals surface area contributed by atoms with Crippen LogP contribution in [0.2, 0.25) is 0 Å². The van der Waals surface area contributed by atoms with Crippen molar-refractivity contribution in [2.45, 2.75) is 44.1 Å². The van der Waals surface area contributed by atoms with Crippen LogP contribution in [-0.4, -0.2) is 63.4 Å². The Morgan fingerprint density at radius 3 is 2.63 bits per heavy atom. The van der Waals surface area contributed by atoms with Crippen molar-refractivity contribution in [2.24, 2.45) is 5.73 Å². The molecule has 3 aromatic rings. The fraction of sp³-hybridized carbons (Fsp3) is 0.360. The van der Waals surface area contributed by atoms with Gasteiger partial charge in [-0.1, -0.05) is 6.07 Å². The summed E-state index contributed by atoms with van der Waals surface area (Å²) in [6.45, 7) is 0.247. The molecule has 0 radical (unpaired) electrons. The molecular weight excluding hydrogens is 453 g/mol. The van der Waals surface area contributed by atoms with Gasteiger partial charge in [-0.15, -0.1) is 0 Å². The fourth-order valence-electron chi connectivity index (χ4n) is 4.05. The zero-order valence-corrected chi connectivity index (χ0v) is 19.0. The van der Waals surface area contributed by atoms with E-state index in [1.54, 1.807) is 48.9 Å². The van der Waals surface area contributed by atoms with Crippen LogP contribution in [0.3, 0.4) is 0 Å². The van der Waals surface area contributed by atoms with Gasteiger partial charge in [0, 0.05) is 30.4 Å². The van der Waals surface area contributed by atoms with Crippen LogP contribution in [0.15, 0.2) is 48.9 Å². The molecule has 5 rings (SSSR count). The van der Waals surface area contributed by atoms with Crippen molar-refractivity contribution in [1.29, 1.82) is 0 Å². The van der Waals surface area contributed by atoms with Gasteiger partial charge in [0.2, 0.25) is 5.91 Å². The molecule has 9 nitrogen and oxygen atoms in total. The minimum Gasteiger partial charge on any atom is -0.489 e. The molecule has 0 spiro atoms. The molecule has 1 unspecified atom stereocenters. The first-order chi connectivity index (χ1) is 17.0. The minimum absolute atomic E-state index is 0.0866. The number of ether oxygens (including phenoxy) is 2. The highest BCUT2D eigenvalue weighted by Crippen LogP contribution is 2.29. The number of aromatic nitrogens is 3. The van der Waals surface area contributed by atoms with Crippen LogP contribution in [0.25, 0.3) is 11.1 Å². The summed E-state index contributed by atoms with van der Waals surface area (Å²) in [5, 5.41) is 6.61. The number of carbonyl (C=O) groups excluding carboxylic acids is 2. The number of halogens is 1. The van der Waals surface area contributed by atoms with E-state index >= 15 is 4.39 Å². The number of nitrogens with two attached hydrogens (primary N) is 1. The number of hydrogen-bond donors (Lipinski definition) is 2. The minimum atomic E-state index is -1.41. The topological polar surface area (TPSA) is 123 Å². The second kappa shape index (κ2) is 9.73. The predicted molar refractivity (Wildman–Crippen MR) is 125 cm³/mol. The number of benzene rings is 1. The highest BCUT2D eigenvalue weighted by atomic mass is 19.1. The van der Waals surface area contributed by atoms with Gasteiger partial charge in [0.25, 0.3) is 5.91 Å². The summed E-state index contributed by atoms with van der Waals surface area (Å²) in [5.74, 6) is 0.0414. The van der Waals surface area contributed by atoms with Gasteiger partial charge in [0.15, 0.2) is 6.17 Å². The van der Waals surface area contributed by atoms with E-state index in [0.29, 0.717) is 18.0 Å². The molecule has 2 atom stereocenters. The maximum absolute atomic E-state index is 15.0. The van der Waals surface area contributed by atoms with E-state index < -0.39 is 18.2 Å². The maximum atomic E-state index is 15.0. The van der Waals surface area contributed by atoms with E-state index in [0.717, 1.165) is 24.0 Å². The summed E-state index contributed by atoms with van der Waals surface area (Å²) < 4.78 is 26.6. The first-order valence-corrected chi connectivity index (χ1v) is 11.6. The molecule has 1 saturated carbocycles. The molecular formula is C25H26FN5O4. The second-order valence-corrected chi connectivity index (χ2v) is 8.84. The highest BCUT2D eigenvalue weighted by molar-refractivity contribution is 5.97. The van der Waals surface area contributed by atoms with Crippen molar-refractivity contribution < 1.29 is 23.5 Å². The van der Waals surface area contributed by atoms with Crippen molar-refractivity contribution in [3.8, 4) is 22.6 Å². The molecule has 35 heavy (non-hydrogen) atoms. The number of primary amides is 1. The third-order valence-electron chi connectivity index (χ3n) is 6.15. The summed E-state index contributed by atoms with van der Waals surface area (Å²) >= 11 is 0. The van der Waals surface area contributed by atoms with E-state index in [-0.39, 0.29) is 42.7 Å². The average Bonchev–Trinajstić information content (AvgIpc) is 3.49. The van der Waals surface area contributed by atoms with Crippen LogP contribution in [0.5, 0.6) is 11.5 Å². The Bertz CT molecular complexity index is 1200. The third-order valence-corrected chi connectivity index (χ3v) is 6.15. The number of rotatable bonds is 8. The van der Waals surface area contributed by atoms with Crippen LogP contribution in [0, 0.1) is 0 Å². The fourth-order valence-corrected chi connectivity index (χ4v) is 4.05. The van der Waals surface area contributed by atoms with Crippen molar-refractivity contribution in [3.63, 3.8) is 0 Å². The van der Waals surface area contributed by atoms with E-state index in [4.69, 9.17) is 15.2 Å². The van der Waals surface area contributed by atoms with Crippen molar-refractivity contribution in [2.75, 3.05) is 13.1 Å². The Kier molecular flexibility index (Phi) is 6.35. The zero-order valence-electron chi connectivity index (χ0n) is 19.0. The van der Waals surface area contributed by atoms with Crippen molar-refractivity contribution >= 4 is 11.8 Å². The monoisotopic (exact) mass is 479 g/mol. The first-order valence-electron chi connectivity index (χ1n) is 11.6. The number of likely N-dealkylation sites (tertiary alicyclic amines) is 1. The number of pyridine rings is 1. The Morgan fingerprint density at radius 2 is 1.97 bits per heavy atom. The van der Waals surface area contributed by atoms with E-state index in [1.165, 1.54) is 4.90 Å². The van der Waals surface area contributed by atoms with E-state index in [2.05, 4.69) is 15.2 Å². The maximum Gasteiger partial charge on any atom is 0.252 e. The summed E-state index contributed by atoms with van der Waals surface area (Å²) in [6.07, 6.45) is 5.50. The van der Waals surface area contributed by atoms with Gasteiger partial charge < -0.3 is 20.1 Å². The smallest absolute Gasteiger partial charge is 0.252 e. The normalized spacial score (nSPS) is 19.9. The van der Waals surface area contributed by atoms with Crippen LogP contribution >= 0.6 is 0 Å². The lowest BCUT2D eigenvalue weighted by Crippen LogP contribution is -2.49. The Balaban J connectivity index is 1.19. The molecule has 1 aliphatic heterocycles. The number of H-pyrrole nitrogens is 1. The highest BCUT2D eigenvalue weighted by Gasteiger charge is 2.34. The summed E-state index contributed by atoms with van der Waals surface area (Å²) in [7, 11) is 0.